The van der Waals surface area contributed by atoms with Crippen molar-refractivity contribution >= 4 is 23.4 Å². The first-order valence-electron chi connectivity index (χ1n) is 15.2. The van der Waals surface area contributed by atoms with Crippen LogP contribution in [0.5, 0.6) is 11.5 Å². The van der Waals surface area contributed by atoms with Gasteiger partial charge in [0.1, 0.15) is 30.5 Å². The Kier molecular flexibility index (Phi) is 12.3. The van der Waals surface area contributed by atoms with Crippen LogP contribution in [0.3, 0.4) is 0 Å². The van der Waals surface area contributed by atoms with Crippen LogP contribution >= 0.6 is 11.6 Å². The molecule has 0 aliphatic rings. The van der Waals surface area contributed by atoms with E-state index in [1.165, 1.54) is 18.2 Å². The van der Waals surface area contributed by atoms with Gasteiger partial charge in [-0.25, -0.2) is 13.2 Å². The fraction of sp³-hybridized carbons (Fsp3) is 0.105. The van der Waals surface area contributed by atoms with E-state index in [1.807, 2.05) is 0 Å². The van der Waals surface area contributed by atoms with Gasteiger partial charge in [-0.2, -0.15) is 0 Å². The fourth-order valence-corrected chi connectivity index (χ4v) is 4.47. The quantitative estimate of drug-likeness (QED) is 0.132. The molecule has 2 N–H and O–H groups in total. The van der Waals surface area contributed by atoms with E-state index in [0.717, 1.165) is 23.3 Å². The van der Waals surface area contributed by atoms with Gasteiger partial charge in [0.2, 0.25) is 0 Å². The lowest BCUT2D eigenvalue weighted by molar-refractivity contribution is 0.0942. The number of rotatable bonds is 12. The third kappa shape index (κ3) is 10.5. The number of halogens is 4. The molecule has 4 aromatic carbocycles. The molecule has 2 heterocycles. The van der Waals surface area contributed by atoms with Crippen molar-refractivity contribution < 1.29 is 41.1 Å². The van der Waals surface area contributed by atoms with Gasteiger partial charge in [-0.05, 0) is 96.1 Å². The van der Waals surface area contributed by atoms with Crippen molar-refractivity contribution in [3.05, 3.63) is 178 Å². The highest BCUT2D eigenvalue weighted by molar-refractivity contribution is 6.30. The summed E-state index contributed by atoms with van der Waals surface area (Å²) in [7, 11) is 0. The average Bonchev–Trinajstić information content (AvgIpc) is 3.87. The normalized spacial score (nSPS) is 10.5. The van der Waals surface area contributed by atoms with Crippen molar-refractivity contribution in [2.45, 2.75) is 26.3 Å². The molecule has 0 fully saturated rings. The molecule has 2 aromatic heterocycles. The van der Waals surface area contributed by atoms with Gasteiger partial charge in [0.15, 0.2) is 11.6 Å². The predicted octanol–water partition coefficient (Wildman–Crippen LogP) is 8.65. The molecule has 50 heavy (non-hydrogen) atoms. The third-order valence-electron chi connectivity index (χ3n) is 7.08. The molecule has 12 heteroatoms. The molecule has 0 bridgehead atoms. The van der Waals surface area contributed by atoms with E-state index in [0.29, 0.717) is 46.8 Å². The summed E-state index contributed by atoms with van der Waals surface area (Å²) in [4.78, 5) is 24.1. The molecule has 0 saturated carbocycles. The van der Waals surface area contributed by atoms with Crippen molar-refractivity contribution in [3.63, 3.8) is 0 Å². The van der Waals surface area contributed by atoms with E-state index in [1.54, 1.807) is 91.8 Å². The maximum Gasteiger partial charge on any atom is 0.251 e. The minimum absolute atomic E-state index is 0.0783. The molecule has 2 amide bonds. The maximum atomic E-state index is 13.4. The molecule has 0 aliphatic carbocycles. The molecular formula is C38H30ClF3N2O6. The van der Waals surface area contributed by atoms with E-state index in [2.05, 4.69) is 10.6 Å². The second-order valence-corrected chi connectivity index (χ2v) is 11.2. The van der Waals surface area contributed by atoms with Gasteiger partial charge in [-0.3, -0.25) is 9.59 Å². The van der Waals surface area contributed by atoms with Crippen LogP contribution in [0.25, 0.3) is 0 Å². The summed E-state index contributed by atoms with van der Waals surface area (Å²) in [5.41, 5.74) is 3.96. The van der Waals surface area contributed by atoms with Crippen LogP contribution in [0.15, 0.2) is 131 Å². The fourth-order valence-electron chi connectivity index (χ4n) is 4.35. The van der Waals surface area contributed by atoms with Crippen molar-refractivity contribution in [1.82, 2.24) is 10.6 Å². The first-order chi connectivity index (χ1) is 24.2. The maximum absolute atomic E-state index is 13.4. The molecule has 0 aliphatic heterocycles. The number of amides is 2. The van der Waals surface area contributed by atoms with Gasteiger partial charge in [0.25, 0.3) is 11.8 Å². The summed E-state index contributed by atoms with van der Waals surface area (Å²) in [6.45, 7) is 1.09. The zero-order valence-electron chi connectivity index (χ0n) is 26.3. The SMILES string of the molecule is O=C(NCc1ccoc1)c1ccc(OCc2ccc(Cl)c(F)c2)cc1.O=C(NCc1ccoc1)c1ccc(OCc2ccc(F)c(F)c2)cc1. The zero-order valence-corrected chi connectivity index (χ0v) is 27.1. The Hall–Kier alpha value is -5.94. The topological polar surface area (TPSA) is 103 Å². The van der Waals surface area contributed by atoms with Gasteiger partial charge in [0.05, 0.1) is 30.1 Å². The number of ether oxygens (including phenoxy) is 2. The number of furan rings is 2. The van der Waals surface area contributed by atoms with Crippen LogP contribution in [0.1, 0.15) is 43.0 Å². The molecule has 0 unspecified atom stereocenters. The van der Waals surface area contributed by atoms with Gasteiger partial charge >= 0.3 is 0 Å². The number of benzene rings is 4. The molecule has 0 atom stereocenters. The van der Waals surface area contributed by atoms with Crippen LogP contribution < -0.4 is 20.1 Å². The summed E-state index contributed by atoms with van der Waals surface area (Å²) >= 11 is 5.64. The molecule has 0 saturated heterocycles. The lowest BCUT2D eigenvalue weighted by atomic mass is 10.2. The monoisotopic (exact) mass is 702 g/mol. The van der Waals surface area contributed by atoms with Crippen LogP contribution in [0.2, 0.25) is 5.02 Å². The molecule has 6 rings (SSSR count). The lowest BCUT2D eigenvalue weighted by Gasteiger charge is -2.08. The standard InChI is InChI=1S/C19H15ClFNO3.C19H15F2NO3/c2*20-17-6-1-13(9-18(17)21)12-25-16-4-2-15(3-5-16)19(23)22-10-14-7-8-24-11-14/h2*1-9,11H,10,12H2,(H,22,23). The first kappa shape index (κ1) is 35.4. The number of hydrogen-bond acceptors (Lipinski definition) is 6. The molecule has 8 nitrogen and oxygen atoms in total. The molecule has 6 aromatic rings. The van der Waals surface area contributed by atoms with Crippen molar-refractivity contribution in [1.29, 1.82) is 0 Å². The highest BCUT2D eigenvalue weighted by Crippen LogP contribution is 2.19. The number of nitrogens with one attached hydrogen (secondary N) is 2. The average molecular weight is 703 g/mol. The van der Waals surface area contributed by atoms with E-state index in [9.17, 15) is 22.8 Å². The van der Waals surface area contributed by atoms with Gasteiger partial charge in [0, 0.05) is 35.3 Å². The van der Waals surface area contributed by atoms with Crippen molar-refractivity contribution in [2.24, 2.45) is 0 Å². The molecule has 0 spiro atoms. The molecule has 256 valence electrons. The van der Waals surface area contributed by atoms with Crippen LogP contribution in [0, 0.1) is 17.5 Å². The number of carbonyl (C=O) groups excluding carboxylic acids is 2. The Balaban J connectivity index is 0.000000194. The molecular weight excluding hydrogens is 673 g/mol. The highest BCUT2D eigenvalue weighted by Gasteiger charge is 2.09. The molecule has 0 radical (unpaired) electrons. The summed E-state index contributed by atoms with van der Waals surface area (Å²) < 4.78 is 60.4. The Morgan fingerprint density at radius 2 is 1.02 bits per heavy atom. The number of carbonyl (C=O) groups is 2. The first-order valence-corrected chi connectivity index (χ1v) is 15.5. The van der Waals surface area contributed by atoms with Crippen LogP contribution in [-0.2, 0) is 26.3 Å². The van der Waals surface area contributed by atoms with E-state index in [4.69, 9.17) is 29.9 Å². The van der Waals surface area contributed by atoms with Gasteiger partial charge in [-0.15, -0.1) is 0 Å². The predicted molar refractivity (Wildman–Crippen MR) is 179 cm³/mol. The third-order valence-corrected chi connectivity index (χ3v) is 7.38. The summed E-state index contributed by atoms with van der Waals surface area (Å²) in [6.07, 6.45) is 6.24. The van der Waals surface area contributed by atoms with Crippen molar-refractivity contribution in [2.75, 3.05) is 0 Å². The minimum Gasteiger partial charge on any atom is -0.489 e. The van der Waals surface area contributed by atoms with Gasteiger partial charge < -0.3 is 28.9 Å². The summed E-state index contributed by atoms with van der Waals surface area (Å²) in [5, 5.41) is 5.65. The van der Waals surface area contributed by atoms with Crippen LogP contribution in [0.4, 0.5) is 13.2 Å². The highest BCUT2D eigenvalue weighted by atomic mass is 35.5. The van der Waals surface area contributed by atoms with E-state index < -0.39 is 17.5 Å². The summed E-state index contributed by atoms with van der Waals surface area (Å²) in [6, 6.07) is 25.0. The van der Waals surface area contributed by atoms with Crippen molar-refractivity contribution in [3.8, 4) is 11.5 Å². The minimum atomic E-state index is -0.911. The Bertz CT molecular complexity index is 1840. The Morgan fingerprint density at radius 3 is 1.44 bits per heavy atom. The van der Waals surface area contributed by atoms with E-state index in [-0.39, 0.29) is 30.1 Å². The second-order valence-electron chi connectivity index (χ2n) is 10.8. The smallest absolute Gasteiger partial charge is 0.251 e. The summed E-state index contributed by atoms with van der Waals surface area (Å²) in [5.74, 6) is -1.58. The second kappa shape index (κ2) is 17.5. The Morgan fingerprint density at radius 1 is 0.560 bits per heavy atom. The number of hydrogen-bond donors (Lipinski definition) is 2. The Labute approximate surface area is 290 Å². The largest absolute Gasteiger partial charge is 0.489 e. The van der Waals surface area contributed by atoms with Gasteiger partial charge in [-0.1, -0.05) is 23.7 Å². The van der Waals surface area contributed by atoms with E-state index >= 15 is 0 Å². The lowest BCUT2D eigenvalue weighted by Crippen LogP contribution is -2.22. The van der Waals surface area contributed by atoms with Crippen LogP contribution in [-0.4, -0.2) is 11.8 Å². The zero-order chi connectivity index (χ0) is 35.3.